The zero-order chi connectivity index (χ0) is 8.65. The van der Waals surface area contributed by atoms with Crippen molar-refractivity contribution < 1.29 is 5.11 Å². The number of hydrogen-bond donors (Lipinski definition) is 1. The van der Waals surface area contributed by atoms with Gasteiger partial charge in [-0.15, -0.1) is 0 Å². The van der Waals surface area contributed by atoms with E-state index in [2.05, 4.69) is 6.08 Å². The Bertz CT molecular complexity index is 129. The zero-order valence-electron chi connectivity index (χ0n) is 7.84. The van der Waals surface area contributed by atoms with Crippen molar-refractivity contribution in [1.82, 2.24) is 0 Å². The normalized spacial score (nSPS) is 30.6. The number of hydrogen-bond acceptors (Lipinski definition) is 1. The molecule has 0 spiro atoms. The molecule has 1 aliphatic rings. The van der Waals surface area contributed by atoms with Gasteiger partial charge in [0.2, 0.25) is 0 Å². The van der Waals surface area contributed by atoms with Crippen LogP contribution in [0.1, 0.15) is 51.4 Å². The van der Waals surface area contributed by atoms with Gasteiger partial charge in [-0.25, -0.2) is 0 Å². The van der Waals surface area contributed by atoms with Crippen LogP contribution >= 0.6 is 0 Å². The molecule has 0 saturated carbocycles. The highest BCUT2D eigenvalue weighted by molar-refractivity contribution is 4.88. The molecule has 12 heavy (non-hydrogen) atoms. The molecule has 0 radical (unpaired) electrons. The summed E-state index contributed by atoms with van der Waals surface area (Å²) in [4.78, 5) is 0. The van der Waals surface area contributed by atoms with Gasteiger partial charge in [0.15, 0.2) is 0 Å². The summed E-state index contributed by atoms with van der Waals surface area (Å²) in [6.45, 7) is 0. The predicted molar refractivity (Wildman–Crippen MR) is 52.1 cm³/mol. The molecule has 1 nitrogen and oxygen atoms in total. The fraction of sp³-hybridized carbons (Fsp3) is 0.818. The summed E-state index contributed by atoms with van der Waals surface area (Å²) in [6.07, 6.45) is 13.9. The summed E-state index contributed by atoms with van der Waals surface area (Å²) in [5.41, 5.74) is 0. The van der Waals surface area contributed by atoms with E-state index in [1.165, 1.54) is 38.5 Å². The number of rotatable bonds is 0. The van der Waals surface area contributed by atoms with Crippen molar-refractivity contribution >= 4 is 0 Å². The summed E-state index contributed by atoms with van der Waals surface area (Å²) in [5, 5.41) is 9.44. The van der Waals surface area contributed by atoms with Gasteiger partial charge >= 0.3 is 0 Å². The van der Waals surface area contributed by atoms with Crippen LogP contribution in [0.2, 0.25) is 0 Å². The molecule has 0 heterocycles. The molecule has 0 aromatic rings. The summed E-state index contributed by atoms with van der Waals surface area (Å²) in [6, 6.07) is 0. The lowest BCUT2D eigenvalue weighted by Gasteiger charge is -2.03. The Labute approximate surface area is 75.5 Å². The molecule has 1 atom stereocenters. The van der Waals surface area contributed by atoms with Crippen LogP contribution in [0, 0.1) is 0 Å². The number of allylic oxidation sites excluding steroid dienone is 1. The van der Waals surface area contributed by atoms with Crippen LogP contribution in [0.15, 0.2) is 12.2 Å². The average molecular weight is 168 g/mol. The molecule has 0 fully saturated rings. The Morgan fingerprint density at radius 3 is 2.42 bits per heavy atom. The Hall–Kier alpha value is -0.300. The Morgan fingerprint density at radius 2 is 1.58 bits per heavy atom. The summed E-state index contributed by atoms with van der Waals surface area (Å²) >= 11 is 0. The Morgan fingerprint density at radius 1 is 0.917 bits per heavy atom. The highest BCUT2D eigenvalue weighted by Gasteiger charge is 1.99. The van der Waals surface area contributed by atoms with Crippen molar-refractivity contribution in [2.24, 2.45) is 0 Å². The van der Waals surface area contributed by atoms with Crippen LogP contribution in [0.25, 0.3) is 0 Å². The molecular formula is C11H20O. The SMILES string of the molecule is OC1/C=C\CCCCCCCC1. The lowest BCUT2D eigenvalue weighted by atomic mass is 10.1. The molecular weight excluding hydrogens is 148 g/mol. The van der Waals surface area contributed by atoms with Crippen molar-refractivity contribution in [2.75, 3.05) is 0 Å². The smallest absolute Gasteiger partial charge is 0.0720 e. The van der Waals surface area contributed by atoms with Crippen molar-refractivity contribution in [3.8, 4) is 0 Å². The van der Waals surface area contributed by atoms with Crippen molar-refractivity contribution in [3.63, 3.8) is 0 Å². The molecule has 0 aromatic heterocycles. The maximum Gasteiger partial charge on any atom is 0.0720 e. The molecule has 1 heteroatoms. The van der Waals surface area contributed by atoms with Crippen molar-refractivity contribution in [2.45, 2.75) is 57.5 Å². The third-order valence-electron chi connectivity index (χ3n) is 2.48. The van der Waals surface area contributed by atoms with Crippen LogP contribution in [0.5, 0.6) is 0 Å². The van der Waals surface area contributed by atoms with Gasteiger partial charge in [-0.1, -0.05) is 44.3 Å². The van der Waals surface area contributed by atoms with Crippen LogP contribution < -0.4 is 0 Å². The van der Waals surface area contributed by atoms with E-state index in [1.807, 2.05) is 6.08 Å². The molecule has 1 unspecified atom stereocenters. The maximum atomic E-state index is 9.44. The van der Waals surface area contributed by atoms with Crippen LogP contribution in [-0.2, 0) is 0 Å². The van der Waals surface area contributed by atoms with Gasteiger partial charge in [0.05, 0.1) is 6.10 Å². The van der Waals surface area contributed by atoms with Gasteiger partial charge in [-0.2, -0.15) is 0 Å². The first-order valence-corrected chi connectivity index (χ1v) is 5.24. The average Bonchev–Trinajstić information content (AvgIpc) is 2.11. The second-order valence-corrected chi connectivity index (χ2v) is 3.69. The minimum atomic E-state index is -0.178. The third-order valence-corrected chi connectivity index (χ3v) is 2.48. The van der Waals surface area contributed by atoms with Gasteiger partial charge in [0.25, 0.3) is 0 Å². The molecule has 0 saturated heterocycles. The summed E-state index contributed by atoms with van der Waals surface area (Å²) in [5.74, 6) is 0. The summed E-state index contributed by atoms with van der Waals surface area (Å²) < 4.78 is 0. The van der Waals surface area contributed by atoms with E-state index in [4.69, 9.17) is 0 Å². The first kappa shape index (κ1) is 9.79. The molecule has 0 bridgehead atoms. The molecule has 70 valence electrons. The van der Waals surface area contributed by atoms with Gasteiger partial charge in [0, 0.05) is 0 Å². The lowest BCUT2D eigenvalue weighted by Crippen LogP contribution is -2.00. The number of aliphatic hydroxyl groups excluding tert-OH is 1. The van der Waals surface area contributed by atoms with Crippen LogP contribution in [-0.4, -0.2) is 11.2 Å². The second kappa shape index (κ2) is 6.24. The van der Waals surface area contributed by atoms with Crippen molar-refractivity contribution in [3.05, 3.63) is 12.2 Å². The van der Waals surface area contributed by atoms with Gasteiger partial charge in [-0.05, 0) is 19.3 Å². The predicted octanol–water partition coefficient (Wildman–Crippen LogP) is 3.04. The lowest BCUT2D eigenvalue weighted by molar-refractivity contribution is 0.208. The fourth-order valence-corrected chi connectivity index (χ4v) is 1.67. The van der Waals surface area contributed by atoms with Gasteiger partial charge in [0.1, 0.15) is 0 Å². The highest BCUT2D eigenvalue weighted by Crippen LogP contribution is 2.12. The minimum absolute atomic E-state index is 0.178. The van der Waals surface area contributed by atoms with E-state index in [0.717, 1.165) is 12.8 Å². The van der Waals surface area contributed by atoms with Gasteiger partial charge < -0.3 is 5.11 Å². The molecule has 0 aliphatic heterocycles. The molecule has 0 amide bonds. The second-order valence-electron chi connectivity index (χ2n) is 3.69. The van der Waals surface area contributed by atoms with Crippen LogP contribution in [0.4, 0.5) is 0 Å². The monoisotopic (exact) mass is 168 g/mol. The highest BCUT2D eigenvalue weighted by atomic mass is 16.3. The maximum absolute atomic E-state index is 9.44. The van der Waals surface area contributed by atoms with E-state index >= 15 is 0 Å². The quantitative estimate of drug-likeness (QED) is 0.551. The zero-order valence-corrected chi connectivity index (χ0v) is 7.84. The first-order chi connectivity index (χ1) is 5.89. The first-order valence-electron chi connectivity index (χ1n) is 5.24. The standard InChI is InChI=1S/C11H20O/c12-11-9-7-5-3-1-2-4-6-8-10-11/h7,9,11-12H,1-6,8,10H2/b9-7-. The molecule has 1 N–H and O–H groups in total. The van der Waals surface area contributed by atoms with Crippen LogP contribution in [0.3, 0.4) is 0 Å². The molecule has 1 rings (SSSR count). The van der Waals surface area contributed by atoms with E-state index in [9.17, 15) is 5.11 Å². The fourth-order valence-electron chi connectivity index (χ4n) is 1.67. The largest absolute Gasteiger partial charge is 0.389 e. The Balaban J connectivity index is 2.24. The molecule has 0 aromatic carbocycles. The topological polar surface area (TPSA) is 20.2 Å². The third kappa shape index (κ3) is 4.55. The van der Waals surface area contributed by atoms with Crippen molar-refractivity contribution in [1.29, 1.82) is 0 Å². The van der Waals surface area contributed by atoms with E-state index < -0.39 is 0 Å². The minimum Gasteiger partial charge on any atom is -0.389 e. The van der Waals surface area contributed by atoms with E-state index in [1.54, 1.807) is 0 Å². The molecule has 1 aliphatic carbocycles. The Kier molecular flexibility index (Phi) is 5.09. The van der Waals surface area contributed by atoms with E-state index in [0.29, 0.717) is 0 Å². The van der Waals surface area contributed by atoms with E-state index in [-0.39, 0.29) is 6.10 Å². The summed E-state index contributed by atoms with van der Waals surface area (Å²) in [7, 11) is 0. The number of aliphatic hydroxyl groups is 1. The van der Waals surface area contributed by atoms with Gasteiger partial charge in [-0.3, -0.25) is 0 Å².